The Balaban J connectivity index is 1.73. The molecule has 7 heteroatoms. The van der Waals surface area contributed by atoms with E-state index in [1.165, 1.54) is 25.3 Å². The number of methoxy groups -OCH3 is 2. The quantitative estimate of drug-likeness (QED) is 0.468. The Morgan fingerprint density at radius 1 is 0.879 bits per heavy atom. The predicted molar refractivity (Wildman–Crippen MR) is 126 cm³/mol. The highest BCUT2D eigenvalue weighted by molar-refractivity contribution is 5.95. The van der Waals surface area contributed by atoms with Gasteiger partial charge >= 0.3 is 0 Å². The monoisotopic (exact) mass is 448 g/mol. The second-order valence-electron chi connectivity index (χ2n) is 7.38. The number of nitrogens with two attached hydrogens (primary N) is 1. The third-order valence-electron chi connectivity index (χ3n) is 5.20. The Kier molecular flexibility index (Phi) is 8.30. The lowest BCUT2D eigenvalue weighted by Crippen LogP contribution is -2.26. The van der Waals surface area contributed by atoms with Crippen molar-refractivity contribution in [2.45, 2.75) is 12.3 Å². The molecule has 2 amide bonds. The molecule has 0 heterocycles. The molecule has 0 saturated heterocycles. The van der Waals surface area contributed by atoms with Gasteiger partial charge in [0.2, 0.25) is 5.75 Å². The lowest BCUT2D eigenvalue weighted by Gasteiger charge is -2.19. The topological polar surface area (TPSA) is 99.9 Å². The highest BCUT2D eigenvalue weighted by atomic mass is 16.5. The van der Waals surface area contributed by atoms with Gasteiger partial charge in [0.05, 0.1) is 14.2 Å². The molecule has 0 unspecified atom stereocenters. The van der Waals surface area contributed by atoms with Crippen molar-refractivity contribution in [3.8, 4) is 17.2 Å². The van der Waals surface area contributed by atoms with Gasteiger partial charge in [0.1, 0.15) is 0 Å². The van der Waals surface area contributed by atoms with Crippen LogP contribution in [0.4, 0.5) is 0 Å². The molecule has 7 nitrogen and oxygen atoms in total. The second-order valence-corrected chi connectivity index (χ2v) is 7.38. The molecule has 33 heavy (non-hydrogen) atoms. The van der Waals surface area contributed by atoms with E-state index in [0.717, 1.165) is 6.42 Å². The van der Waals surface area contributed by atoms with E-state index in [9.17, 15) is 9.59 Å². The predicted octanol–water partition coefficient (Wildman–Crippen LogP) is 3.52. The Labute approximate surface area is 193 Å². The smallest absolute Gasteiger partial charge is 0.255 e. The highest BCUT2D eigenvalue weighted by Gasteiger charge is 2.19. The second kappa shape index (κ2) is 11.6. The fraction of sp³-hybridized carbons (Fsp3) is 0.231. The van der Waals surface area contributed by atoms with Crippen molar-refractivity contribution in [3.05, 3.63) is 89.5 Å². The van der Waals surface area contributed by atoms with Gasteiger partial charge in [-0.1, -0.05) is 60.7 Å². The number of benzene rings is 3. The minimum atomic E-state index is -0.632. The van der Waals surface area contributed by atoms with Gasteiger partial charge in [-0.05, 0) is 29.7 Å². The van der Waals surface area contributed by atoms with Crippen molar-refractivity contribution >= 4 is 11.8 Å². The van der Waals surface area contributed by atoms with Gasteiger partial charge in [-0.3, -0.25) is 9.59 Å². The number of carbonyl (C=O) groups is 2. The molecule has 3 aromatic carbocycles. The first-order chi connectivity index (χ1) is 16.0. The minimum Gasteiger partial charge on any atom is -0.493 e. The molecular weight excluding hydrogens is 420 g/mol. The summed E-state index contributed by atoms with van der Waals surface area (Å²) in [5.74, 6) is 0.00421. The van der Waals surface area contributed by atoms with E-state index in [1.807, 2.05) is 36.4 Å². The van der Waals surface area contributed by atoms with Crippen molar-refractivity contribution in [2.75, 3.05) is 27.4 Å². The third-order valence-corrected chi connectivity index (χ3v) is 5.20. The van der Waals surface area contributed by atoms with Crippen molar-refractivity contribution in [1.29, 1.82) is 0 Å². The Bertz CT molecular complexity index is 1010. The van der Waals surface area contributed by atoms with Crippen LogP contribution in [-0.4, -0.2) is 39.2 Å². The number of hydrogen-bond acceptors (Lipinski definition) is 5. The van der Waals surface area contributed by atoms with E-state index in [4.69, 9.17) is 19.9 Å². The van der Waals surface area contributed by atoms with Crippen molar-refractivity contribution in [1.82, 2.24) is 5.32 Å². The molecule has 172 valence electrons. The zero-order valence-electron chi connectivity index (χ0n) is 18.7. The average molecular weight is 449 g/mol. The van der Waals surface area contributed by atoms with E-state index < -0.39 is 5.91 Å². The van der Waals surface area contributed by atoms with Crippen LogP contribution in [0.25, 0.3) is 0 Å². The molecule has 0 bridgehead atoms. The number of primary amides is 1. The number of hydrogen-bond donors (Lipinski definition) is 2. The summed E-state index contributed by atoms with van der Waals surface area (Å²) in [5.41, 5.74) is 7.89. The third kappa shape index (κ3) is 6.26. The van der Waals surface area contributed by atoms with Crippen molar-refractivity contribution < 1.29 is 23.8 Å². The number of carbonyl (C=O) groups excluding carboxylic acids is 2. The van der Waals surface area contributed by atoms with Crippen LogP contribution < -0.4 is 25.3 Å². The molecule has 0 atom stereocenters. The Morgan fingerprint density at radius 2 is 1.39 bits per heavy atom. The lowest BCUT2D eigenvalue weighted by atomic mass is 9.88. The van der Waals surface area contributed by atoms with E-state index >= 15 is 0 Å². The SMILES string of the molecule is COc1cc(C(=O)NCCC(c2ccccc2)c2ccccc2)cc(OC)c1OCC(N)=O. The maximum Gasteiger partial charge on any atom is 0.255 e. The molecule has 3 rings (SSSR count). The summed E-state index contributed by atoms with van der Waals surface area (Å²) in [4.78, 5) is 24.0. The summed E-state index contributed by atoms with van der Waals surface area (Å²) in [6.45, 7) is 0.135. The molecule has 0 saturated carbocycles. The molecule has 0 aliphatic carbocycles. The van der Waals surface area contributed by atoms with Gasteiger partial charge < -0.3 is 25.3 Å². The summed E-state index contributed by atoms with van der Waals surface area (Å²) in [6, 6.07) is 23.5. The Morgan fingerprint density at radius 3 is 1.85 bits per heavy atom. The molecule has 0 fully saturated rings. The first kappa shape index (κ1) is 23.7. The van der Waals surface area contributed by atoms with Crippen LogP contribution >= 0.6 is 0 Å². The van der Waals surface area contributed by atoms with E-state index in [-0.39, 0.29) is 35.7 Å². The van der Waals surface area contributed by atoms with Gasteiger partial charge in [-0.25, -0.2) is 0 Å². The number of amides is 2. The fourth-order valence-corrected chi connectivity index (χ4v) is 3.63. The summed E-state index contributed by atoms with van der Waals surface area (Å²) >= 11 is 0. The Hall–Kier alpha value is -4.00. The summed E-state index contributed by atoms with van der Waals surface area (Å²) < 4.78 is 16.1. The summed E-state index contributed by atoms with van der Waals surface area (Å²) in [6.07, 6.45) is 0.730. The summed E-state index contributed by atoms with van der Waals surface area (Å²) in [7, 11) is 2.88. The zero-order valence-corrected chi connectivity index (χ0v) is 18.7. The number of nitrogens with one attached hydrogen (secondary N) is 1. The minimum absolute atomic E-state index is 0.154. The molecule has 3 N–H and O–H groups in total. The van der Waals surface area contributed by atoms with Gasteiger partial charge in [0.15, 0.2) is 18.1 Å². The molecule has 0 aliphatic heterocycles. The van der Waals surface area contributed by atoms with Crippen molar-refractivity contribution in [2.24, 2.45) is 5.73 Å². The zero-order chi connectivity index (χ0) is 23.6. The molecule has 0 spiro atoms. The van der Waals surface area contributed by atoms with Gasteiger partial charge in [-0.15, -0.1) is 0 Å². The van der Waals surface area contributed by atoms with Gasteiger partial charge in [0, 0.05) is 18.0 Å². The van der Waals surface area contributed by atoms with Gasteiger partial charge in [0.25, 0.3) is 11.8 Å². The first-order valence-corrected chi connectivity index (χ1v) is 10.6. The van der Waals surface area contributed by atoms with E-state index in [0.29, 0.717) is 12.1 Å². The molecule has 0 aliphatic rings. The maximum absolute atomic E-state index is 12.9. The van der Waals surface area contributed by atoms with Crippen LogP contribution in [0.5, 0.6) is 17.2 Å². The van der Waals surface area contributed by atoms with Crippen LogP contribution in [0.2, 0.25) is 0 Å². The van der Waals surface area contributed by atoms with Crippen LogP contribution in [0.1, 0.15) is 33.8 Å². The van der Waals surface area contributed by atoms with Crippen LogP contribution in [0.3, 0.4) is 0 Å². The van der Waals surface area contributed by atoms with Crippen LogP contribution in [0.15, 0.2) is 72.8 Å². The molecule has 3 aromatic rings. The van der Waals surface area contributed by atoms with E-state index in [1.54, 1.807) is 12.1 Å². The largest absolute Gasteiger partial charge is 0.493 e. The summed E-state index contributed by atoms with van der Waals surface area (Å²) in [5, 5.41) is 2.98. The molecule has 0 radical (unpaired) electrons. The van der Waals surface area contributed by atoms with Crippen molar-refractivity contribution in [3.63, 3.8) is 0 Å². The van der Waals surface area contributed by atoms with Gasteiger partial charge in [-0.2, -0.15) is 0 Å². The fourth-order valence-electron chi connectivity index (χ4n) is 3.63. The number of ether oxygens (including phenoxy) is 3. The molecular formula is C26H28N2O5. The number of rotatable bonds is 11. The van der Waals surface area contributed by atoms with Crippen LogP contribution in [-0.2, 0) is 4.79 Å². The van der Waals surface area contributed by atoms with E-state index in [2.05, 4.69) is 29.6 Å². The first-order valence-electron chi connectivity index (χ1n) is 10.6. The standard InChI is InChI=1S/C26H28N2O5/c1-31-22-15-20(16-23(32-2)25(22)33-17-24(27)29)26(30)28-14-13-21(18-9-5-3-6-10-18)19-11-7-4-8-12-19/h3-12,15-16,21H,13-14,17H2,1-2H3,(H2,27,29)(H,28,30). The normalized spacial score (nSPS) is 10.5. The lowest BCUT2D eigenvalue weighted by molar-refractivity contribution is -0.120. The average Bonchev–Trinajstić information content (AvgIpc) is 2.85. The van der Waals surface area contributed by atoms with Crippen LogP contribution in [0, 0.1) is 0 Å². The molecule has 0 aromatic heterocycles. The maximum atomic E-state index is 12.9. The highest BCUT2D eigenvalue weighted by Crippen LogP contribution is 2.38.